The van der Waals surface area contributed by atoms with Gasteiger partial charge in [-0.05, 0) is 5.56 Å². The maximum atomic E-state index is 10.9. The lowest BCUT2D eigenvalue weighted by atomic mass is 10.1. The lowest BCUT2D eigenvalue weighted by Gasteiger charge is -2.13. The molecule has 0 unspecified atom stereocenters. The fourth-order valence-electron chi connectivity index (χ4n) is 1.63. The van der Waals surface area contributed by atoms with Crippen molar-refractivity contribution in [1.29, 1.82) is 0 Å². The Morgan fingerprint density at radius 3 is 2.53 bits per heavy atom. The second kappa shape index (κ2) is 5.27. The van der Waals surface area contributed by atoms with Crippen molar-refractivity contribution in [2.75, 3.05) is 6.61 Å². The fourth-order valence-corrected chi connectivity index (χ4v) is 1.63. The van der Waals surface area contributed by atoms with E-state index in [1.165, 1.54) is 0 Å². The molecule has 92 valence electrons. The molecule has 0 bridgehead atoms. The van der Waals surface area contributed by atoms with Crippen molar-refractivity contribution in [3.63, 3.8) is 0 Å². The number of cyclic esters (lactones) is 1. The molecule has 0 amide bonds. The highest BCUT2D eigenvalue weighted by molar-refractivity contribution is 5.77. The number of esters is 1. The summed E-state index contributed by atoms with van der Waals surface area (Å²) in [7, 11) is 0. The summed E-state index contributed by atoms with van der Waals surface area (Å²) < 4.78 is 10.1. The molecular weight excluding hydrogens is 224 g/mol. The molecule has 1 aliphatic heterocycles. The van der Waals surface area contributed by atoms with E-state index < -0.39 is 24.3 Å². The lowest BCUT2D eigenvalue weighted by molar-refractivity contribution is -0.149. The fraction of sp³-hybridized carbons (Fsp3) is 0.417. The van der Waals surface area contributed by atoms with Gasteiger partial charge in [-0.15, -0.1) is 0 Å². The summed E-state index contributed by atoms with van der Waals surface area (Å²) in [6.07, 6.45) is -3.46. The quantitative estimate of drug-likeness (QED) is 0.713. The van der Waals surface area contributed by atoms with E-state index in [9.17, 15) is 15.0 Å². The van der Waals surface area contributed by atoms with Crippen LogP contribution < -0.4 is 0 Å². The van der Waals surface area contributed by atoms with Crippen LogP contribution in [-0.4, -0.2) is 41.1 Å². The van der Waals surface area contributed by atoms with E-state index >= 15 is 0 Å². The Morgan fingerprint density at radius 2 is 1.94 bits per heavy atom. The molecule has 1 saturated heterocycles. The smallest absolute Gasteiger partial charge is 0.338 e. The minimum atomic E-state index is -1.46. The molecule has 1 heterocycles. The van der Waals surface area contributed by atoms with Crippen molar-refractivity contribution in [1.82, 2.24) is 0 Å². The molecule has 3 atom stereocenters. The Labute approximate surface area is 98.6 Å². The van der Waals surface area contributed by atoms with E-state index in [1.54, 1.807) is 0 Å². The van der Waals surface area contributed by atoms with Crippen molar-refractivity contribution in [2.45, 2.75) is 24.9 Å². The highest BCUT2D eigenvalue weighted by Crippen LogP contribution is 2.16. The minimum absolute atomic E-state index is 0.0683. The first kappa shape index (κ1) is 12.0. The van der Waals surface area contributed by atoms with Crippen LogP contribution in [0.4, 0.5) is 0 Å². The second-order valence-corrected chi connectivity index (χ2v) is 3.91. The molecule has 5 nitrogen and oxygen atoms in total. The highest BCUT2D eigenvalue weighted by Gasteiger charge is 2.42. The zero-order valence-electron chi connectivity index (χ0n) is 9.15. The molecule has 2 N–H and O–H groups in total. The SMILES string of the molecule is O=C1O[C@@H](COCc2ccccc2)[C@H](O)[C@@H]1O. The molecule has 17 heavy (non-hydrogen) atoms. The molecule has 0 saturated carbocycles. The third kappa shape index (κ3) is 2.82. The molecule has 1 fully saturated rings. The zero-order valence-corrected chi connectivity index (χ0v) is 9.15. The first-order valence-electron chi connectivity index (χ1n) is 5.37. The highest BCUT2D eigenvalue weighted by atomic mass is 16.6. The molecular formula is C12H14O5. The van der Waals surface area contributed by atoms with Gasteiger partial charge in [-0.1, -0.05) is 30.3 Å². The minimum Gasteiger partial charge on any atom is -0.455 e. The van der Waals surface area contributed by atoms with Gasteiger partial charge >= 0.3 is 5.97 Å². The van der Waals surface area contributed by atoms with Gasteiger partial charge in [0.1, 0.15) is 6.10 Å². The molecule has 5 heteroatoms. The molecule has 1 aromatic carbocycles. The van der Waals surface area contributed by atoms with Crippen LogP contribution in [-0.2, 0) is 20.9 Å². The van der Waals surface area contributed by atoms with Crippen LogP contribution in [0.2, 0.25) is 0 Å². The van der Waals surface area contributed by atoms with Crippen LogP contribution in [0.15, 0.2) is 30.3 Å². The van der Waals surface area contributed by atoms with Crippen molar-refractivity contribution in [3.8, 4) is 0 Å². The van der Waals surface area contributed by atoms with Crippen LogP contribution in [0.5, 0.6) is 0 Å². The Bertz CT molecular complexity index is 378. The summed E-state index contributed by atoms with van der Waals surface area (Å²) in [5.74, 6) is -0.800. The number of aliphatic hydroxyl groups is 2. The summed E-state index contributed by atoms with van der Waals surface area (Å²) >= 11 is 0. The Morgan fingerprint density at radius 1 is 1.24 bits per heavy atom. The van der Waals surface area contributed by atoms with Gasteiger partial charge in [0.15, 0.2) is 12.2 Å². The number of rotatable bonds is 4. The summed E-state index contributed by atoms with van der Waals surface area (Å²) in [6, 6.07) is 9.51. The van der Waals surface area contributed by atoms with E-state index in [0.717, 1.165) is 5.56 Å². The van der Waals surface area contributed by atoms with Crippen molar-refractivity contribution < 1.29 is 24.5 Å². The van der Waals surface area contributed by atoms with E-state index in [4.69, 9.17) is 9.47 Å². The van der Waals surface area contributed by atoms with Crippen molar-refractivity contribution >= 4 is 5.97 Å². The van der Waals surface area contributed by atoms with E-state index in [-0.39, 0.29) is 6.61 Å². The molecule has 0 aliphatic carbocycles. The standard InChI is InChI=1S/C12H14O5/c13-10-9(17-12(15)11(10)14)7-16-6-8-4-2-1-3-5-8/h1-5,9-11,13-14H,6-7H2/t9-,10-,11-/m0/s1. The number of carbonyl (C=O) groups is 1. The topological polar surface area (TPSA) is 76.0 Å². The van der Waals surface area contributed by atoms with Gasteiger partial charge in [-0.3, -0.25) is 0 Å². The number of ether oxygens (including phenoxy) is 2. The molecule has 0 aromatic heterocycles. The first-order chi connectivity index (χ1) is 8.18. The van der Waals surface area contributed by atoms with Gasteiger partial charge in [0.25, 0.3) is 0 Å². The number of hydrogen-bond acceptors (Lipinski definition) is 5. The largest absolute Gasteiger partial charge is 0.455 e. The number of carbonyl (C=O) groups excluding carboxylic acids is 1. The predicted molar refractivity (Wildman–Crippen MR) is 58.0 cm³/mol. The van der Waals surface area contributed by atoms with Gasteiger partial charge in [-0.2, -0.15) is 0 Å². The van der Waals surface area contributed by atoms with Gasteiger partial charge in [0.05, 0.1) is 13.2 Å². The third-order valence-electron chi connectivity index (χ3n) is 2.61. The van der Waals surface area contributed by atoms with Gasteiger partial charge in [-0.25, -0.2) is 4.79 Å². The molecule has 0 spiro atoms. The average molecular weight is 238 g/mol. The number of benzene rings is 1. The summed E-state index contributed by atoms with van der Waals surface area (Å²) in [6.45, 7) is 0.441. The van der Waals surface area contributed by atoms with Crippen LogP contribution in [0.25, 0.3) is 0 Å². The van der Waals surface area contributed by atoms with Crippen molar-refractivity contribution in [3.05, 3.63) is 35.9 Å². The lowest BCUT2D eigenvalue weighted by Crippen LogP contribution is -2.33. The number of aliphatic hydroxyl groups excluding tert-OH is 2. The maximum Gasteiger partial charge on any atom is 0.338 e. The average Bonchev–Trinajstić information content (AvgIpc) is 2.59. The van der Waals surface area contributed by atoms with E-state index in [1.807, 2.05) is 30.3 Å². The zero-order chi connectivity index (χ0) is 12.3. The van der Waals surface area contributed by atoms with Gasteiger partial charge < -0.3 is 19.7 Å². The Kier molecular flexibility index (Phi) is 3.73. The molecule has 0 radical (unpaired) electrons. The van der Waals surface area contributed by atoms with Gasteiger partial charge in [0, 0.05) is 0 Å². The summed E-state index contributed by atoms with van der Waals surface area (Å²) in [5.41, 5.74) is 0.992. The Hall–Kier alpha value is -1.43. The first-order valence-corrected chi connectivity index (χ1v) is 5.37. The molecule has 2 rings (SSSR count). The van der Waals surface area contributed by atoms with E-state index in [0.29, 0.717) is 6.61 Å². The van der Waals surface area contributed by atoms with Crippen LogP contribution in [0, 0.1) is 0 Å². The van der Waals surface area contributed by atoms with E-state index in [2.05, 4.69) is 0 Å². The maximum absolute atomic E-state index is 10.9. The second-order valence-electron chi connectivity index (χ2n) is 3.91. The van der Waals surface area contributed by atoms with Crippen LogP contribution in [0.3, 0.4) is 0 Å². The van der Waals surface area contributed by atoms with Crippen LogP contribution in [0.1, 0.15) is 5.56 Å². The van der Waals surface area contributed by atoms with Crippen molar-refractivity contribution in [2.24, 2.45) is 0 Å². The molecule has 1 aliphatic rings. The number of hydrogen-bond donors (Lipinski definition) is 2. The normalized spacial score (nSPS) is 28.1. The Balaban J connectivity index is 1.78. The molecule has 1 aromatic rings. The summed E-state index contributed by atoms with van der Waals surface area (Å²) in [4.78, 5) is 10.9. The predicted octanol–water partition coefficient (Wildman–Crippen LogP) is -0.150. The monoisotopic (exact) mass is 238 g/mol. The van der Waals surface area contributed by atoms with Crippen LogP contribution >= 0.6 is 0 Å². The summed E-state index contributed by atoms with van der Waals surface area (Å²) in [5, 5.41) is 18.6. The van der Waals surface area contributed by atoms with Gasteiger partial charge in [0.2, 0.25) is 0 Å². The third-order valence-corrected chi connectivity index (χ3v) is 2.61.